The number of hydrogen-bond acceptors (Lipinski definition) is 6. The first kappa shape index (κ1) is 19.7. The van der Waals surface area contributed by atoms with Gasteiger partial charge < -0.3 is 19.4 Å². The molecule has 2 heterocycles. The topological polar surface area (TPSA) is 79.0 Å². The minimum Gasteiger partial charge on any atom is -0.512 e. The van der Waals surface area contributed by atoms with Crippen LogP contribution in [0.4, 0.5) is 0 Å². The Kier molecular flexibility index (Phi) is 5.74. The Hall–Kier alpha value is -2.57. The van der Waals surface area contributed by atoms with Crippen molar-refractivity contribution >= 4 is 5.57 Å². The molecular weight excluding hydrogens is 368 g/mol. The van der Waals surface area contributed by atoms with Crippen LogP contribution < -0.4 is 0 Å². The third kappa shape index (κ3) is 4.23. The fourth-order valence-electron chi connectivity index (χ4n) is 4.00. The van der Waals surface area contributed by atoms with Crippen molar-refractivity contribution in [2.45, 2.75) is 26.8 Å². The van der Waals surface area contributed by atoms with E-state index in [0.29, 0.717) is 23.4 Å². The highest BCUT2D eigenvalue weighted by Gasteiger charge is 2.29. The number of nitrogens with zero attached hydrogens (tertiary/aromatic N) is 2. The van der Waals surface area contributed by atoms with E-state index < -0.39 is 0 Å². The molecule has 0 bridgehead atoms. The quantitative estimate of drug-likeness (QED) is 0.771. The molecule has 6 heteroatoms. The second kappa shape index (κ2) is 8.43. The second-order valence-corrected chi connectivity index (χ2v) is 8.10. The Bertz CT molecular complexity index is 905. The van der Waals surface area contributed by atoms with Crippen molar-refractivity contribution < 1.29 is 19.4 Å². The van der Waals surface area contributed by atoms with Gasteiger partial charge >= 0.3 is 0 Å². The average Bonchev–Trinajstić information content (AvgIpc) is 3.18. The van der Waals surface area contributed by atoms with E-state index in [9.17, 15) is 10.2 Å². The molecule has 154 valence electrons. The first-order chi connectivity index (χ1) is 14.0. The molecule has 1 unspecified atom stereocenters. The van der Waals surface area contributed by atoms with E-state index in [1.165, 1.54) is 18.0 Å². The van der Waals surface area contributed by atoms with E-state index in [0.717, 1.165) is 38.4 Å². The summed E-state index contributed by atoms with van der Waals surface area (Å²) in [7, 11) is 0. The van der Waals surface area contributed by atoms with Crippen LogP contribution in [0.15, 0.2) is 52.7 Å². The van der Waals surface area contributed by atoms with Crippen LogP contribution in [0.3, 0.4) is 0 Å². The first-order valence-corrected chi connectivity index (χ1v) is 10.2. The van der Waals surface area contributed by atoms with E-state index in [-0.39, 0.29) is 23.4 Å². The summed E-state index contributed by atoms with van der Waals surface area (Å²) in [6.07, 6.45) is 3.38. The Labute approximate surface area is 171 Å². The number of hydrogen-bond donors (Lipinski definition) is 2. The Morgan fingerprint density at radius 1 is 1.14 bits per heavy atom. The molecule has 6 nitrogen and oxygen atoms in total. The number of aliphatic hydroxyl groups excluding tert-OH is 2. The van der Waals surface area contributed by atoms with Gasteiger partial charge in [0.2, 0.25) is 0 Å². The summed E-state index contributed by atoms with van der Waals surface area (Å²) in [5.41, 5.74) is 3.51. The largest absolute Gasteiger partial charge is 0.512 e. The molecule has 29 heavy (non-hydrogen) atoms. The average molecular weight is 396 g/mol. The minimum atomic E-state index is -0.0404. The number of morpholine rings is 1. The van der Waals surface area contributed by atoms with Crippen molar-refractivity contribution in [2.75, 3.05) is 26.3 Å². The van der Waals surface area contributed by atoms with Gasteiger partial charge in [0, 0.05) is 42.8 Å². The third-order valence-electron chi connectivity index (χ3n) is 5.78. The van der Waals surface area contributed by atoms with Crippen LogP contribution in [-0.2, 0) is 11.3 Å². The maximum Gasteiger partial charge on any atom is 0.182 e. The Morgan fingerprint density at radius 3 is 2.55 bits per heavy atom. The van der Waals surface area contributed by atoms with Crippen molar-refractivity contribution in [1.29, 1.82) is 0 Å². The van der Waals surface area contributed by atoms with Crippen molar-refractivity contribution in [3.05, 3.63) is 59.5 Å². The van der Waals surface area contributed by atoms with Gasteiger partial charge in [0.25, 0.3) is 0 Å². The van der Waals surface area contributed by atoms with Crippen LogP contribution in [0.1, 0.15) is 31.5 Å². The standard InChI is InChI=1S/C23H28N2O4/c1-15(2)18-11-19(21(27)12-20(18)26)22-23(29-14-24-22)17-5-3-16(4-6-17)13-25-7-9-28-10-8-25/h3-6,12,14-15,18,26-27H,7-11,13H2,1-2H3. The molecule has 1 aliphatic heterocycles. The summed E-state index contributed by atoms with van der Waals surface area (Å²) in [4.78, 5) is 6.77. The lowest BCUT2D eigenvalue weighted by atomic mass is 9.82. The highest BCUT2D eigenvalue weighted by Crippen LogP contribution is 2.40. The lowest BCUT2D eigenvalue weighted by Crippen LogP contribution is -2.35. The predicted octanol–water partition coefficient (Wildman–Crippen LogP) is 4.56. The lowest BCUT2D eigenvalue weighted by Gasteiger charge is -2.26. The van der Waals surface area contributed by atoms with Crippen molar-refractivity contribution in [1.82, 2.24) is 9.88 Å². The van der Waals surface area contributed by atoms with Gasteiger partial charge in [0.1, 0.15) is 11.5 Å². The zero-order chi connectivity index (χ0) is 20.4. The lowest BCUT2D eigenvalue weighted by molar-refractivity contribution is 0.0342. The number of rotatable bonds is 5. The monoisotopic (exact) mass is 396 g/mol. The fraction of sp³-hybridized carbons (Fsp3) is 0.435. The van der Waals surface area contributed by atoms with Crippen molar-refractivity contribution in [2.24, 2.45) is 11.8 Å². The summed E-state index contributed by atoms with van der Waals surface area (Å²) < 4.78 is 11.1. The van der Waals surface area contributed by atoms with Crippen LogP contribution in [0.5, 0.6) is 0 Å². The molecule has 0 radical (unpaired) electrons. The zero-order valence-electron chi connectivity index (χ0n) is 17.0. The molecule has 4 rings (SSSR count). The number of aromatic nitrogens is 1. The van der Waals surface area contributed by atoms with Gasteiger partial charge in [-0.2, -0.15) is 0 Å². The normalized spacial score (nSPS) is 20.9. The molecule has 0 amide bonds. The molecule has 1 aromatic heterocycles. The number of oxazole rings is 1. The number of aliphatic hydroxyl groups is 2. The van der Waals surface area contributed by atoms with Crippen LogP contribution in [0.2, 0.25) is 0 Å². The summed E-state index contributed by atoms with van der Waals surface area (Å²) in [5.74, 6) is 1.13. The SMILES string of the molecule is CC(C)C1CC(c2ncoc2-c2ccc(CN3CCOCC3)cc2)=C(O)C=C1O. The van der Waals surface area contributed by atoms with Crippen LogP contribution >= 0.6 is 0 Å². The minimum absolute atomic E-state index is 0.0404. The molecule has 2 aromatic rings. The van der Waals surface area contributed by atoms with E-state index in [1.807, 2.05) is 12.1 Å². The van der Waals surface area contributed by atoms with Gasteiger partial charge in [-0.3, -0.25) is 4.90 Å². The van der Waals surface area contributed by atoms with Crippen molar-refractivity contribution in [3.63, 3.8) is 0 Å². The van der Waals surface area contributed by atoms with Gasteiger partial charge in [-0.25, -0.2) is 4.98 Å². The molecular formula is C23H28N2O4. The first-order valence-electron chi connectivity index (χ1n) is 10.2. The van der Waals surface area contributed by atoms with E-state index in [1.54, 1.807) is 0 Å². The van der Waals surface area contributed by atoms with Gasteiger partial charge in [-0.15, -0.1) is 0 Å². The molecule has 1 aromatic carbocycles. The Balaban J connectivity index is 1.57. The van der Waals surface area contributed by atoms with Gasteiger partial charge in [0.05, 0.1) is 19.0 Å². The fourth-order valence-corrected chi connectivity index (χ4v) is 4.00. The van der Waals surface area contributed by atoms with Gasteiger partial charge in [0.15, 0.2) is 12.2 Å². The number of allylic oxidation sites excluding steroid dienone is 3. The van der Waals surface area contributed by atoms with Crippen LogP contribution in [0, 0.1) is 11.8 Å². The maximum atomic E-state index is 10.5. The van der Waals surface area contributed by atoms with Gasteiger partial charge in [-0.1, -0.05) is 38.1 Å². The number of ether oxygens (including phenoxy) is 1. The third-order valence-corrected chi connectivity index (χ3v) is 5.78. The highest BCUT2D eigenvalue weighted by molar-refractivity contribution is 5.78. The van der Waals surface area contributed by atoms with E-state index >= 15 is 0 Å². The highest BCUT2D eigenvalue weighted by atomic mass is 16.5. The second-order valence-electron chi connectivity index (χ2n) is 8.10. The molecule has 2 aliphatic rings. The number of benzene rings is 1. The molecule has 2 N–H and O–H groups in total. The maximum absolute atomic E-state index is 10.5. The molecule has 1 fully saturated rings. The zero-order valence-corrected chi connectivity index (χ0v) is 17.0. The smallest absolute Gasteiger partial charge is 0.182 e. The molecule has 0 spiro atoms. The summed E-state index contributed by atoms with van der Waals surface area (Å²) in [5, 5.41) is 20.6. The molecule has 0 saturated carbocycles. The summed E-state index contributed by atoms with van der Waals surface area (Å²) in [6, 6.07) is 8.28. The summed E-state index contributed by atoms with van der Waals surface area (Å²) in [6.45, 7) is 8.52. The predicted molar refractivity (Wildman–Crippen MR) is 111 cm³/mol. The van der Waals surface area contributed by atoms with Crippen molar-refractivity contribution in [3.8, 4) is 11.3 Å². The molecule has 1 saturated heterocycles. The van der Waals surface area contributed by atoms with Crippen LogP contribution in [-0.4, -0.2) is 46.4 Å². The Morgan fingerprint density at radius 2 is 1.86 bits per heavy atom. The summed E-state index contributed by atoms with van der Waals surface area (Å²) >= 11 is 0. The van der Waals surface area contributed by atoms with Gasteiger partial charge in [-0.05, 0) is 17.9 Å². The van der Waals surface area contributed by atoms with E-state index in [4.69, 9.17) is 9.15 Å². The molecule has 1 aliphatic carbocycles. The van der Waals surface area contributed by atoms with E-state index in [2.05, 4.69) is 35.9 Å². The molecule has 1 atom stereocenters. The van der Waals surface area contributed by atoms with Crippen LogP contribution in [0.25, 0.3) is 16.9 Å².